The van der Waals surface area contributed by atoms with Crippen molar-refractivity contribution in [2.75, 3.05) is 26.2 Å². The molecule has 32 heavy (non-hydrogen) atoms. The lowest BCUT2D eigenvalue weighted by molar-refractivity contribution is -0.130. The lowest BCUT2D eigenvalue weighted by atomic mass is 10.2. The van der Waals surface area contributed by atoms with Crippen molar-refractivity contribution < 1.29 is 14.3 Å². The van der Waals surface area contributed by atoms with Gasteiger partial charge in [-0.3, -0.25) is 9.59 Å². The van der Waals surface area contributed by atoms with E-state index in [0.29, 0.717) is 38.4 Å². The van der Waals surface area contributed by atoms with Gasteiger partial charge in [0.15, 0.2) is 0 Å². The first-order valence-electron chi connectivity index (χ1n) is 11.4. The first kappa shape index (κ1) is 21.9. The third-order valence-corrected chi connectivity index (χ3v) is 6.22. The number of benzene rings is 2. The van der Waals surface area contributed by atoms with Gasteiger partial charge in [-0.2, -0.15) is 0 Å². The molecule has 1 aliphatic rings. The van der Waals surface area contributed by atoms with Gasteiger partial charge in [0.1, 0.15) is 11.4 Å². The van der Waals surface area contributed by atoms with Gasteiger partial charge in [-0.05, 0) is 37.1 Å². The fourth-order valence-electron chi connectivity index (χ4n) is 4.16. The molecule has 4 rings (SSSR count). The monoisotopic (exact) mass is 433 g/mol. The Bertz CT molecular complexity index is 1100. The largest absolute Gasteiger partial charge is 0.490 e. The van der Waals surface area contributed by atoms with Crippen LogP contribution in [0.1, 0.15) is 43.2 Å². The fraction of sp³-hybridized carbons (Fsp3) is 0.385. The number of amides is 2. The molecule has 1 saturated heterocycles. The van der Waals surface area contributed by atoms with Crippen molar-refractivity contribution in [2.45, 2.75) is 39.8 Å². The summed E-state index contributed by atoms with van der Waals surface area (Å²) in [4.78, 5) is 28.9. The fourth-order valence-corrected chi connectivity index (χ4v) is 4.16. The summed E-state index contributed by atoms with van der Waals surface area (Å²) in [5.74, 6) is 0.857. The van der Waals surface area contributed by atoms with Crippen LogP contribution in [0, 0.1) is 0 Å². The highest BCUT2D eigenvalue weighted by atomic mass is 16.5. The van der Waals surface area contributed by atoms with Crippen LogP contribution in [0.4, 0.5) is 0 Å². The first-order valence-corrected chi connectivity index (χ1v) is 11.4. The average molecular weight is 434 g/mol. The van der Waals surface area contributed by atoms with Crippen molar-refractivity contribution >= 4 is 22.7 Å². The summed E-state index contributed by atoms with van der Waals surface area (Å²) in [7, 11) is 0. The molecule has 1 fully saturated rings. The smallest absolute Gasteiger partial charge is 0.270 e. The topological polar surface area (TPSA) is 54.8 Å². The van der Waals surface area contributed by atoms with Crippen LogP contribution in [0.25, 0.3) is 10.9 Å². The third-order valence-electron chi connectivity index (χ3n) is 6.22. The predicted molar refractivity (Wildman–Crippen MR) is 126 cm³/mol. The van der Waals surface area contributed by atoms with Gasteiger partial charge in [0, 0.05) is 45.0 Å². The van der Waals surface area contributed by atoms with Crippen LogP contribution >= 0.6 is 0 Å². The van der Waals surface area contributed by atoms with Crippen LogP contribution in [0.3, 0.4) is 0 Å². The molecular weight excluding hydrogens is 402 g/mol. The molecule has 0 radical (unpaired) electrons. The Morgan fingerprint density at radius 1 is 0.969 bits per heavy atom. The molecule has 168 valence electrons. The Morgan fingerprint density at radius 2 is 1.66 bits per heavy atom. The number of hydrogen-bond acceptors (Lipinski definition) is 3. The average Bonchev–Trinajstić information content (AvgIpc) is 3.18. The van der Waals surface area contributed by atoms with Crippen LogP contribution < -0.4 is 4.74 Å². The molecule has 3 aromatic rings. The summed E-state index contributed by atoms with van der Waals surface area (Å²) in [6, 6.07) is 18.2. The molecule has 2 aromatic carbocycles. The van der Waals surface area contributed by atoms with Crippen molar-refractivity contribution in [3.8, 4) is 5.75 Å². The van der Waals surface area contributed by atoms with E-state index in [1.165, 1.54) is 0 Å². The standard InChI is InChI=1S/C26H31N3O3/c1-4-19(2)32-25-12-8-11-23-22(25)17-24(29(23)18-21-9-6-5-7-10-21)26(31)28-15-13-27(14-16-28)20(3)30/h5-12,17,19H,4,13-16,18H2,1-3H3/t19-/m1/s1. The van der Waals surface area contributed by atoms with E-state index in [-0.39, 0.29) is 17.9 Å². The van der Waals surface area contributed by atoms with Crippen LogP contribution in [0.5, 0.6) is 5.75 Å². The molecule has 0 spiro atoms. The van der Waals surface area contributed by atoms with E-state index in [4.69, 9.17) is 4.74 Å². The Labute approximate surface area is 189 Å². The maximum atomic E-state index is 13.6. The molecule has 2 heterocycles. The van der Waals surface area contributed by atoms with Gasteiger partial charge in [-0.25, -0.2) is 0 Å². The summed E-state index contributed by atoms with van der Waals surface area (Å²) < 4.78 is 8.27. The van der Waals surface area contributed by atoms with Gasteiger partial charge >= 0.3 is 0 Å². The van der Waals surface area contributed by atoms with Crippen molar-refractivity contribution in [2.24, 2.45) is 0 Å². The highest BCUT2D eigenvalue weighted by Crippen LogP contribution is 2.31. The molecule has 0 bridgehead atoms. The van der Waals surface area contributed by atoms with E-state index in [2.05, 4.69) is 30.5 Å². The SMILES string of the molecule is CC[C@@H](C)Oc1cccc2c1cc(C(=O)N1CCN(C(C)=O)CC1)n2Cc1ccccc1. The highest BCUT2D eigenvalue weighted by molar-refractivity contribution is 6.00. The molecule has 2 amide bonds. The van der Waals surface area contributed by atoms with Gasteiger partial charge in [-0.15, -0.1) is 0 Å². The molecule has 1 aromatic heterocycles. The van der Waals surface area contributed by atoms with Crippen molar-refractivity contribution in [3.63, 3.8) is 0 Å². The quantitative estimate of drug-likeness (QED) is 0.586. The van der Waals surface area contributed by atoms with Crippen molar-refractivity contribution in [1.29, 1.82) is 0 Å². The Hall–Kier alpha value is -3.28. The van der Waals surface area contributed by atoms with E-state index in [9.17, 15) is 9.59 Å². The molecule has 6 heteroatoms. The van der Waals surface area contributed by atoms with Crippen LogP contribution in [0.15, 0.2) is 54.6 Å². The number of aromatic nitrogens is 1. The molecule has 1 aliphatic heterocycles. The van der Waals surface area contributed by atoms with Crippen LogP contribution in [-0.2, 0) is 11.3 Å². The Balaban J connectivity index is 1.72. The molecule has 0 N–H and O–H groups in total. The predicted octanol–water partition coefficient (Wildman–Crippen LogP) is 4.17. The molecular formula is C26H31N3O3. The van der Waals surface area contributed by atoms with E-state index >= 15 is 0 Å². The number of nitrogens with zero attached hydrogens (tertiary/aromatic N) is 3. The second kappa shape index (κ2) is 9.47. The molecule has 0 saturated carbocycles. The maximum absolute atomic E-state index is 13.6. The number of rotatable bonds is 6. The second-order valence-electron chi connectivity index (χ2n) is 8.43. The van der Waals surface area contributed by atoms with Crippen LogP contribution in [-0.4, -0.2) is 58.5 Å². The minimum Gasteiger partial charge on any atom is -0.490 e. The van der Waals surface area contributed by atoms with Gasteiger partial charge in [0.25, 0.3) is 5.91 Å². The molecule has 6 nitrogen and oxygen atoms in total. The van der Waals surface area contributed by atoms with Gasteiger partial charge < -0.3 is 19.1 Å². The molecule has 0 unspecified atom stereocenters. The summed E-state index contributed by atoms with van der Waals surface area (Å²) in [5.41, 5.74) is 2.77. The first-order chi connectivity index (χ1) is 15.5. The third kappa shape index (κ3) is 4.49. The van der Waals surface area contributed by atoms with E-state index < -0.39 is 0 Å². The minimum absolute atomic E-state index is 0.00479. The lowest BCUT2D eigenvalue weighted by Gasteiger charge is -2.34. The molecule has 1 atom stereocenters. The van der Waals surface area contributed by atoms with E-state index in [0.717, 1.165) is 28.6 Å². The highest BCUT2D eigenvalue weighted by Gasteiger charge is 2.27. The Kier molecular flexibility index (Phi) is 6.49. The number of ether oxygens (including phenoxy) is 1. The normalized spacial score (nSPS) is 15.1. The van der Waals surface area contributed by atoms with E-state index in [1.54, 1.807) is 11.8 Å². The summed E-state index contributed by atoms with van der Waals surface area (Å²) in [6.45, 7) is 8.56. The zero-order valence-corrected chi connectivity index (χ0v) is 19.1. The maximum Gasteiger partial charge on any atom is 0.270 e. The summed E-state index contributed by atoms with van der Waals surface area (Å²) in [5, 5.41) is 0.953. The summed E-state index contributed by atoms with van der Waals surface area (Å²) in [6.07, 6.45) is 1.00. The van der Waals surface area contributed by atoms with Gasteiger partial charge in [0.2, 0.25) is 5.91 Å². The van der Waals surface area contributed by atoms with E-state index in [1.807, 2.05) is 47.4 Å². The van der Waals surface area contributed by atoms with Gasteiger partial charge in [0.05, 0.1) is 11.6 Å². The zero-order valence-electron chi connectivity index (χ0n) is 19.1. The van der Waals surface area contributed by atoms with Crippen molar-refractivity contribution in [1.82, 2.24) is 14.4 Å². The lowest BCUT2D eigenvalue weighted by Crippen LogP contribution is -2.50. The van der Waals surface area contributed by atoms with Gasteiger partial charge in [-0.1, -0.05) is 43.3 Å². The Morgan fingerprint density at radius 3 is 2.31 bits per heavy atom. The zero-order chi connectivity index (χ0) is 22.7. The number of carbonyl (C=O) groups excluding carboxylic acids is 2. The number of fused-ring (bicyclic) bond motifs is 1. The number of carbonyl (C=O) groups is 2. The summed E-state index contributed by atoms with van der Waals surface area (Å²) >= 11 is 0. The number of piperazine rings is 1. The number of hydrogen-bond donors (Lipinski definition) is 0. The second-order valence-corrected chi connectivity index (χ2v) is 8.43. The molecule has 0 aliphatic carbocycles. The van der Waals surface area contributed by atoms with Crippen LogP contribution in [0.2, 0.25) is 0 Å². The van der Waals surface area contributed by atoms with Crippen molar-refractivity contribution in [3.05, 3.63) is 65.9 Å². The minimum atomic E-state index is -0.00479.